The second-order valence-corrected chi connectivity index (χ2v) is 5.52. The van der Waals surface area contributed by atoms with Crippen LogP contribution in [0.2, 0.25) is 0 Å². The number of carboxylic acid groups (broad SMARTS) is 1. The third kappa shape index (κ3) is 2.31. The molecule has 0 saturated heterocycles. The molecule has 1 saturated carbocycles. The molecule has 1 fully saturated rings. The Morgan fingerprint density at radius 2 is 2.05 bits per heavy atom. The van der Waals surface area contributed by atoms with Gasteiger partial charge in [-0.25, -0.2) is 0 Å². The Kier molecular flexibility index (Phi) is 3.04. The lowest BCUT2D eigenvalue weighted by atomic mass is 10.0. The van der Waals surface area contributed by atoms with Crippen LogP contribution in [0, 0.1) is 5.92 Å². The zero-order chi connectivity index (χ0) is 14.3. The molecular weight excluding hydrogens is 256 g/mol. The van der Waals surface area contributed by atoms with Gasteiger partial charge in [0.05, 0.1) is 11.8 Å². The smallest absolute Gasteiger partial charge is 0.307 e. The van der Waals surface area contributed by atoms with E-state index in [9.17, 15) is 4.79 Å². The molecule has 3 rings (SSSR count). The third-order valence-corrected chi connectivity index (χ3v) is 3.70. The molecule has 20 heavy (non-hydrogen) atoms. The van der Waals surface area contributed by atoms with E-state index in [4.69, 9.17) is 9.63 Å². The number of carboxylic acids is 1. The molecule has 0 bridgehead atoms. The predicted molar refractivity (Wildman–Crippen MR) is 72.3 cm³/mol. The lowest BCUT2D eigenvalue weighted by Crippen LogP contribution is -1.98. The van der Waals surface area contributed by atoms with Crippen molar-refractivity contribution in [2.24, 2.45) is 5.92 Å². The second kappa shape index (κ2) is 4.74. The summed E-state index contributed by atoms with van der Waals surface area (Å²) in [6.45, 7) is 4.28. The van der Waals surface area contributed by atoms with Crippen LogP contribution in [0.5, 0.6) is 0 Å². The summed E-state index contributed by atoms with van der Waals surface area (Å²) in [7, 11) is 0. The van der Waals surface area contributed by atoms with Crippen LogP contribution in [-0.4, -0.2) is 21.2 Å². The van der Waals surface area contributed by atoms with Gasteiger partial charge in [0.2, 0.25) is 11.7 Å². The number of benzene rings is 1. The first kappa shape index (κ1) is 12.8. The van der Waals surface area contributed by atoms with E-state index in [-0.39, 0.29) is 11.8 Å². The fourth-order valence-electron chi connectivity index (χ4n) is 2.26. The van der Waals surface area contributed by atoms with Crippen molar-refractivity contribution in [3.63, 3.8) is 0 Å². The first-order valence-electron chi connectivity index (χ1n) is 6.73. The van der Waals surface area contributed by atoms with Crippen molar-refractivity contribution >= 4 is 5.97 Å². The molecule has 0 radical (unpaired) electrons. The van der Waals surface area contributed by atoms with E-state index in [2.05, 4.69) is 24.0 Å². The molecule has 1 N–H and O–H groups in total. The second-order valence-electron chi connectivity index (χ2n) is 5.52. The normalized spacial score (nSPS) is 21.1. The van der Waals surface area contributed by atoms with Crippen LogP contribution < -0.4 is 0 Å². The number of rotatable bonds is 4. The minimum absolute atomic E-state index is 0.122. The first-order chi connectivity index (χ1) is 9.56. The summed E-state index contributed by atoms with van der Waals surface area (Å²) in [6.07, 6.45) is 0.587. The third-order valence-electron chi connectivity index (χ3n) is 3.70. The van der Waals surface area contributed by atoms with Crippen molar-refractivity contribution < 1.29 is 14.4 Å². The summed E-state index contributed by atoms with van der Waals surface area (Å²) in [5.74, 6) is 0.144. The number of aliphatic carboxylic acids is 1. The molecule has 1 aliphatic carbocycles. The van der Waals surface area contributed by atoms with Gasteiger partial charge in [0.15, 0.2) is 0 Å². The summed E-state index contributed by atoms with van der Waals surface area (Å²) < 4.78 is 5.18. The van der Waals surface area contributed by atoms with Gasteiger partial charge in [-0.2, -0.15) is 4.98 Å². The molecule has 5 nitrogen and oxygen atoms in total. The molecule has 1 heterocycles. The van der Waals surface area contributed by atoms with Crippen LogP contribution in [0.1, 0.15) is 43.6 Å². The van der Waals surface area contributed by atoms with E-state index in [1.807, 2.05) is 24.3 Å². The van der Waals surface area contributed by atoms with E-state index < -0.39 is 5.97 Å². The van der Waals surface area contributed by atoms with Gasteiger partial charge < -0.3 is 9.63 Å². The topological polar surface area (TPSA) is 76.2 Å². The zero-order valence-corrected chi connectivity index (χ0v) is 11.4. The molecule has 2 atom stereocenters. The van der Waals surface area contributed by atoms with Crippen LogP contribution in [0.3, 0.4) is 0 Å². The highest BCUT2D eigenvalue weighted by Gasteiger charge is 2.48. The fourth-order valence-corrected chi connectivity index (χ4v) is 2.26. The van der Waals surface area contributed by atoms with Crippen LogP contribution in [0.4, 0.5) is 0 Å². The minimum atomic E-state index is -0.795. The maximum Gasteiger partial charge on any atom is 0.307 e. The maximum atomic E-state index is 10.8. The monoisotopic (exact) mass is 272 g/mol. The van der Waals surface area contributed by atoms with E-state index in [0.29, 0.717) is 24.1 Å². The summed E-state index contributed by atoms with van der Waals surface area (Å²) >= 11 is 0. The molecule has 2 unspecified atom stereocenters. The van der Waals surface area contributed by atoms with E-state index in [1.54, 1.807) is 0 Å². The van der Waals surface area contributed by atoms with Gasteiger partial charge in [0, 0.05) is 5.56 Å². The van der Waals surface area contributed by atoms with Crippen molar-refractivity contribution in [3.8, 4) is 11.4 Å². The lowest BCUT2D eigenvalue weighted by molar-refractivity contribution is -0.138. The highest BCUT2D eigenvalue weighted by atomic mass is 16.5. The Hall–Kier alpha value is -2.17. The van der Waals surface area contributed by atoms with E-state index in [1.165, 1.54) is 5.56 Å². The van der Waals surface area contributed by atoms with Gasteiger partial charge >= 0.3 is 5.97 Å². The van der Waals surface area contributed by atoms with Gasteiger partial charge in [0.25, 0.3) is 0 Å². The van der Waals surface area contributed by atoms with Crippen LogP contribution in [0.15, 0.2) is 28.8 Å². The largest absolute Gasteiger partial charge is 0.481 e. The first-order valence-corrected chi connectivity index (χ1v) is 6.73. The molecule has 0 aliphatic heterocycles. The average molecular weight is 272 g/mol. The molecule has 104 valence electrons. The highest BCUT2D eigenvalue weighted by Crippen LogP contribution is 2.47. The molecule has 0 amide bonds. The lowest BCUT2D eigenvalue weighted by Gasteiger charge is -2.04. The molecule has 1 aromatic carbocycles. The van der Waals surface area contributed by atoms with Crippen LogP contribution in [-0.2, 0) is 4.79 Å². The van der Waals surface area contributed by atoms with Gasteiger partial charge in [-0.15, -0.1) is 0 Å². The summed E-state index contributed by atoms with van der Waals surface area (Å²) in [6, 6.07) is 8.03. The van der Waals surface area contributed by atoms with Crippen LogP contribution in [0.25, 0.3) is 11.4 Å². The Morgan fingerprint density at radius 1 is 1.35 bits per heavy atom. The number of aromatic nitrogens is 2. The van der Waals surface area contributed by atoms with Crippen molar-refractivity contribution in [2.45, 2.75) is 32.1 Å². The summed E-state index contributed by atoms with van der Waals surface area (Å²) in [4.78, 5) is 15.1. The van der Waals surface area contributed by atoms with Crippen molar-refractivity contribution in [2.75, 3.05) is 0 Å². The van der Waals surface area contributed by atoms with Crippen molar-refractivity contribution in [3.05, 3.63) is 35.7 Å². The Labute approximate surface area is 116 Å². The zero-order valence-electron chi connectivity index (χ0n) is 11.4. The quantitative estimate of drug-likeness (QED) is 0.925. The number of nitrogens with zero attached hydrogens (tertiary/aromatic N) is 2. The maximum absolute atomic E-state index is 10.8. The molecule has 1 aliphatic rings. The Bertz CT molecular complexity index is 631. The van der Waals surface area contributed by atoms with E-state index in [0.717, 1.165) is 5.56 Å². The molecule has 0 spiro atoms. The number of hydrogen-bond acceptors (Lipinski definition) is 4. The molecule has 2 aromatic rings. The minimum Gasteiger partial charge on any atom is -0.481 e. The predicted octanol–water partition coefficient (Wildman–Crippen LogP) is 3.05. The summed E-state index contributed by atoms with van der Waals surface area (Å²) in [5, 5.41) is 12.8. The van der Waals surface area contributed by atoms with Crippen LogP contribution >= 0.6 is 0 Å². The fraction of sp³-hybridized carbons (Fsp3) is 0.400. The molecule has 1 aromatic heterocycles. The van der Waals surface area contributed by atoms with Gasteiger partial charge in [-0.3, -0.25) is 4.79 Å². The Balaban J connectivity index is 1.78. The summed E-state index contributed by atoms with van der Waals surface area (Å²) in [5.41, 5.74) is 2.14. The molecular formula is C15H16N2O3. The number of hydrogen-bond donors (Lipinski definition) is 1. The number of carbonyl (C=O) groups is 1. The standard InChI is InChI=1S/C15H16N2O3/c1-8(2)9-3-5-10(6-4-9)13-16-14(20-17-13)11-7-12(11)15(18)19/h3-6,8,11-12H,7H2,1-2H3,(H,18,19). The van der Waals surface area contributed by atoms with Crippen molar-refractivity contribution in [1.29, 1.82) is 0 Å². The van der Waals surface area contributed by atoms with Gasteiger partial charge in [0.1, 0.15) is 0 Å². The van der Waals surface area contributed by atoms with Gasteiger partial charge in [-0.1, -0.05) is 43.3 Å². The average Bonchev–Trinajstić information content (AvgIpc) is 3.09. The Morgan fingerprint density at radius 3 is 2.60 bits per heavy atom. The van der Waals surface area contributed by atoms with E-state index >= 15 is 0 Å². The van der Waals surface area contributed by atoms with Crippen molar-refractivity contribution in [1.82, 2.24) is 10.1 Å². The SMILES string of the molecule is CC(C)c1ccc(-c2noc(C3CC3C(=O)O)n2)cc1. The highest BCUT2D eigenvalue weighted by molar-refractivity contribution is 5.74. The van der Waals surface area contributed by atoms with Gasteiger partial charge in [-0.05, 0) is 17.9 Å². The molecule has 5 heteroatoms.